The second-order valence-electron chi connectivity index (χ2n) is 4.81. The van der Waals surface area contributed by atoms with E-state index in [2.05, 4.69) is 38.4 Å². The number of halogens is 1. The zero-order chi connectivity index (χ0) is 13.7. The number of rotatable bonds is 3. The number of benzene rings is 1. The fourth-order valence-electron chi connectivity index (χ4n) is 2.28. The Hall–Kier alpha value is -0.650. The van der Waals surface area contributed by atoms with E-state index < -0.39 is 0 Å². The summed E-state index contributed by atoms with van der Waals surface area (Å²) >= 11 is 8.78. The van der Waals surface area contributed by atoms with Crippen LogP contribution in [0.15, 0.2) is 28.7 Å². The van der Waals surface area contributed by atoms with Gasteiger partial charge in [-0.3, -0.25) is 0 Å². The molecule has 1 aliphatic rings. The lowest BCUT2D eigenvalue weighted by Crippen LogP contribution is -2.45. The van der Waals surface area contributed by atoms with E-state index in [1.165, 1.54) is 0 Å². The minimum atomic E-state index is 0.498. The molecule has 0 aliphatic carbocycles. The first kappa shape index (κ1) is 14.8. The van der Waals surface area contributed by atoms with Gasteiger partial charge in [-0.1, -0.05) is 22.9 Å². The van der Waals surface area contributed by atoms with Crippen molar-refractivity contribution in [3.05, 3.63) is 28.7 Å². The van der Waals surface area contributed by atoms with Crippen molar-refractivity contribution in [2.24, 2.45) is 0 Å². The second-order valence-corrected chi connectivity index (χ2v) is 6.14. The molecule has 1 heterocycles. The van der Waals surface area contributed by atoms with E-state index in [9.17, 15) is 0 Å². The van der Waals surface area contributed by atoms with Crippen molar-refractivity contribution in [3.63, 3.8) is 0 Å². The average molecular weight is 342 g/mol. The van der Waals surface area contributed by atoms with E-state index in [0.29, 0.717) is 6.04 Å². The van der Waals surface area contributed by atoms with Gasteiger partial charge in [0.1, 0.15) is 0 Å². The van der Waals surface area contributed by atoms with Gasteiger partial charge in [-0.25, -0.2) is 0 Å². The summed E-state index contributed by atoms with van der Waals surface area (Å²) in [6.45, 7) is 5.69. The lowest BCUT2D eigenvalue weighted by atomic mass is 10.1. The van der Waals surface area contributed by atoms with Crippen molar-refractivity contribution in [2.45, 2.75) is 25.8 Å². The monoisotopic (exact) mass is 341 g/mol. The van der Waals surface area contributed by atoms with Crippen molar-refractivity contribution in [1.82, 2.24) is 10.2 Å². The summed E-state index contributed by atoms with van der Waals surface area (Å²) in [6, 6.07) is 8.53. The molecule has 19 heavy (non-hydrogen) atoms. The summed E-state index contributed by atoms with van der Waals surface area (Å²) in [5, 5.41) is 7.36. The first-order valence-corrected chi connectivity index (χ1v) is 7.93. The number of likely N-dealkylation sites (tertiary alicyclic amines) is 1. The van der Waals surface area contributed by atoms with Gasteiger partial charge >= 0.3 is 0 Å². The van der Waals surface area contributed by atoms with Crippen LogP contribution in [0.4, 0.5) is 5.69 Å². The summed E-state index contributed by atoms with van der Waals surface area (Å²) in [5.41, 5.74) is 1.02. The predicted molar refractivity (Wildman–Crippen MR) is 88.6 cm³/mol. The molecule has 0 spiro atoms. The van der Waals surface area contributed by atoms with Crippen LogP contribution in [0.2, 0.25) is 0 Å². The van der Waals surface area contributed by atoms with Crippen LogP contribution in [0.3, 0.4) is 0 Å². The molecule has 104 valence electrons. The molecule has 1 aliphatic heterocycles. The molecule has 0 atom stereocenters. The van der Waals surface area contributed by atoms with E-state index in [1.807, 2.05) is 24.3 Å². The molecule has 2 rings (SSSR count). The van der Waals surface area contributed by atoms with Gasteiger partial charge in [-0.05, 0) is 55.9 Å². The van der Waals surface area contributed by atoms with Gasteiger partial charge < -0.3 is 15.5 Å². The molecular weight excluding hydrogens is 322 g/mol. The molecule has 0 amide bonds. The minimum Gasteiger partial charge on any atom is -0.360 e. The second kappa shape index (κ2) is 7.22. The van der Waals surface area contributed by atoms with Crippen LogP contribution < -0.4 is 10.6 Å². The highest BCUT2D eigenvalue weighted by atomic mass is 79.9. The van der Waals surface area contributed by atoms with Crippen molar-refractivity contribution in [2.75, 3.05) is 25.0 Å². The first-order chi connectivity index (χ1) is 9.17. The molecule has 3 nitrogen and oxygen atoms in total. The van der Waals surface area contributed by atoms with Crippen molar-refractivity contribution in [1.29, 1.82) is 0 Å². The van der Waals surface area contributed by atoms with Crippen LogP contribution >= 0.6 is 28.1 Å². The van der Waals surface area contributed by atoms with Crippen molar-refractivity contribution < 1.29 is 0 Å². The highest BCUT2D eigenvalue weighted by Crippen LogP contribution is 2.14. The maximum Gasteiger partial charge on any atom is 0.170 e. The minimum absolute atomic E-state index is 0.498. The molecule has 0 bridgehead atoms. The number of hydrogen-bond acceptors (Lipinski definition) is 2. The van der Waals surface area contributed by atoms with Crippen LogP contribution in [0.1, 0.15) is 19.8 Å². The Balaban J connectivity index is 1.77. The lowest BCUT2D eigenvalue weighted by molar-refractivity contribution is 0.216. The quantitative estimate of drug-likeness (QED) is 0.825. The summed E-state index contributed by atoms with van der Waals surface area (Å²) in [5.74, 6) is 0. The fourth-order valence-corrected chi connectivity index (χ4v) is 2.83. The molecule has 1 fully saturated rings. The molecule has 1 aromatic rings. The smallest absolute Gasteiger partial charge is 0.170 e. The molecule has 1 aromatic carbocycles. The third-order valence-electron chi connectivity index (χ3n) is 3.47. The molecule has 0 aromatic heterocycles. The standard InChI is InChI=1S/C14H20BrN3S/c1-2-18-9-7-13(8-10-18)17-14(19)16-12-5-3-11(15)4-6-12/h3-6,13H,2,7-10H2,1H3,(H2,16,17,19). The van der Waals surface area contributed by atoms with Gasteiger partial charge in [-0.2, -0.15) is 0 Å². The Kier molecular flexibility index (Phi) is 5.60. The predicted octanol–water partition coefficient (Wildman–Crippen LogP) is 3.22. The zero-order valence-corrected chi connectivity index (χ0v) is 13.6. The highest BCUT2D eigenvalue weighted by Gasteiger charge is 2.18. The van der Waals surface area contributed by atoms with Gasteiger partial charge in [0, 0.05) is 29.3 Å². The van der Waals surface area contributed by atoms with E-state index in [1.54, 1.807) is 0 Å². The Morgan fingerprint density at radius 1 is 1.32 bits per heavy atom. The number of nitrogens with zero attached hydrogens (tertiary/aromatic N) is 1. The maximum absolute atomic E-state index is 5.36. The lowest BCUT2D eigenvalue weighted by Gasteiger charge is -2.32. The Morgan fingerprint density at radius 3 is 2.53 bits per heavy atom. The third kappa shape index (κ3) is 4.75. The van der Waals surface area contributed by atoms with Crippen LogP contribution in [0, 0.1) is 0 Å². The highest BCUT2D eigenvalue weighted by molar-refractivity contribution is 9.10. The number of hydrogen-bond donors (Lipinski definition) is 2. The number of piperidine rings is 1. The molecular formula is C14H20BrN3S. The molecule has 1 saturated heterocycles. The Morgan fingerprint density at radius 2 is 1.95 bits per heavy atom. The Labute approximate surface area is 128 Å². The van der Waals surface area contributed by atoms with Gasteiger partial charge in [0.15, 0.2) is 5.11 Å². The van der Waals surface area contributed by atoms with Crippen LogP contribution in [0.25, 0.3) is 0 Å². The zero-order valence-electron chi connectivity index (χ0n) is 11.2. The van der Waals surface area contributed by atoms with Gasteiger partial charge in [0.25, 0.3) is 0 Å². The van der Waals surface area contributed by atoms with Gasteiger partial charge in [0.2, 0.25) is 0 Å². The number of anilines is 1. The van der Waals surface area contributed by atoms with E-state index >= 15 is 0 Å². The maximum atomic E-state index is 5.36. The van der Waals surface area contributed by atoms with Crippen LogP contribution in [0.5, 0.6) is 0 Å². The summed E-state index contributed by atoms with van der Waals surface area (Å²) in [4.78, 5) is 2.48. The van der Waals surface area contributed by atoms with Crippen molar-refractivity contribution >= 4 is 38.9 Å². The number of thiocarbonyl (C=S) groups is 1. The summed E-state index contributed by atoms with van der Waals surface area (Å²) < 4.78 is 1.07. The molecule has 0 saturated carbocycles. The Bertz CT molecular complexity index is 413. The van der Waals surface area contributed by atoms with Crippen LogP contribution in [-0.4, -0.2) is 35.7 Å². The first-order valence-electron chi connectivity index (χ1n) is 6.73. The molecule has 2 N–H and O–H groups in total. The topological polar surface area (TPSA) is 27.3 Å². The largest absolute Gasteiger partial charge is 0.360 e. The summed E-state index contributed by atoms with van der Waals surface area (Å²) in [6.07, 6.45) is 2.33. The van der Waals surface area contributed by atoms with Gasteiger partial charge in [-0.15, -0.1) is 0 Å². The number of nitrogens with one attached hydrogen (secondary N) is 2. The summed E-state index contributed by atoms with van der Waals surface area (Å²) in [7, 11) is 0. The molecule has 0 unspecified atom stereocenters. The molecule has 5 heteroatoms. The van der Waals surface area contributed by atoms with E-state index in [0.717, 1.165) is 47.7 Å². The van der Waals surface area contributed by atoms with Crippen LogP contribution in [-0.2, 0) is 0 Å². The van der Waals surface area contributed by atoms with E-state index in [4.69, 9.17) is 12.2 Å². The third-order valence-corrected chi connectivity index (χ3v) is 4.22. The average Bonchev–Trinajstić information content (AvgIpc) is 2.42. The fraction of sp³-hybridized carbons (Fsp3) is 0.500. The van der Waals surface area contributed by atoms with Crippen molar-refractivity contribution in [3.8, 4) is 0 Å². The molecule has 0 radical (unpaired) electrons. The normalized spacial score (nSPS) is 17.2. The van der Waals surface area contributed by atoms with Gasteiger partial charge in [0.05, 0.1) is 0 Å². The van der Waals surface area contributed by atoms with E-state index in [-0.39, 0.29) is 0 Å². The SMILES string of the molecule is CCN1CCC(NC(=S)Nc2ccc(Br)cc2)CC1.